The van der Waals surface area contributed by atoms with Crippen LogP contribution in [-0.4, -0.2) is 18.9 Å². The summed E-state index contributed by atoms with van der Waals surface area (Å²) in [5.41, 5.74) is 1.81. The number of carbonyl (C=O) groups excluding carboxylic acids is 2. The van der Waals surface area contributed by atoms with Gasteiger partial charge in [-0.1, -0.05) is 30.3 Å². The van der Waals surface area contributed by atoms with Gasteiger partial charge >= 0.3 is 5.97 Å². The van der Waals surface area contributed by atoms with Crippen molar-refractivity contribution in [2.24, 2.45) is 0 Å². The monoisotopic (exact) mass is 412 g/mol. The molecule has 0 spiro atoms. The number of ether oxygens (including phenoxy) is 3. The van der Waals surface area contributed by atoms with Crippen LogP contribution in [0.3, 0.4) is 0 Å². The van der Waals surface area contributed by atoms with Crippen LogP contribution in [0, 0.1) is 0 Å². The van der Waals surface area contributed by atoms with E-state index in [0.29, 0.717) is 16.9 Å². The van der Waals surface area contributed by atoms with Gasteiger partial charge in [-0.15, -0.1) is 0 Å². The fourth-order valence-corrected chi connectivity index (χ4v) is 3.32. The van der Waals surface area contributed by atoms with E-state index in [1.165, 1.54) is 6.07 Å². The predicted octanol–water partition coefficient (Wildman–Crippen LogP) is 5.28. The molecule has 152 valence electrons. The molecule has 0 fully saturated rings. The highest BCUT2D eigenvalue weighted by atomic mass is 16.5. The van der Waals surface area contributed by atoms with Gasteiger partial charge in [-0.25, -0.2) is 4.79 Å². The quantitative estimate of drug-likeness (QED) is 0.258. The van der Waals surface area contributed by atoms with Crippen LogP contribution in [0.4, 0.5) is 0 Å². The summed E-state index contributed by atoms with van der Waals surface area (Å²) in [6, 6.07) is 20.8. The Balaban J connectivity index is 1.35. The third-order valence-electron chi connectivity index (χ3n) is 4.89. The number of esters is 1. The van der Waals surface area contributed by atoms with Crippen LogP contribution in [0.2, 0.25) is 0 Å². The molecular weight excluding hydrogens is 396 g/mol. The third-order valence-corrected chi connectivity index (χ3v) is 4.89. The summed E-state index contributed by atoms with van der Waals surface area (Å²) in [4.78, 5) is 25.1. The van der Waals surface area contributed by atoms with Gasteiger partial charge in [0.15, 0.2) is 5.76 Å². The van der Waals surface area contributed by atoms with Crippen LogP contribution in [0.1, 0.15) is 26.5 Å². The molecule has 0 atom stereocenters. The number of ketones is 1. The van der Waals surface area contributed by atoms with Crippen molar-refractivity contribution in [1.82, 2.24) is 0 Å². The number of para-hydroxylation sites is 1. The first-order valence-electron chi connectivity index (χ1n) is 9.54. The fourth-order valence-electron chi connectivity index (χ4n) is 3.32. The average Bonchev–Trinajstić information content (AvgIpc) is 3.35. The molecule has 3 aromatic carbocycles. The molecule has 0 radical (unpaired) electrons. The first kappa shape index (κ1) is 18.7. The first-order chi connectivity index (χ1) is 15.1. The van der Waals surface area contributed by atoms with Crippen molar-refractivity contribution >= 4 is 28.8 Å². The highest BCUT2D eigenvalue weighted by Crippen LogP contribution is 2.35. The van der Waals surface area contributed by atoms with E-state index in [0.717, 1.165) is 16.7 Å². The standard InChI is InChI=1S/C25H16O6/c1-28-17-8-6-15(7-9-17)12-22-24(26)19-11-10-18(14-21(19)31-22)29-25(27)23-13-16-4-2-3-5-20(16)30-23/h2-14H,1H3/b22-12-. The van der Waals surface area contributed by atoms with Gasteiger partial charge in [0, 0.05) is 11.5 Å². The molecule has 0 N–H and O–H groups in total. The number of rotatable bonds is 4. The second-order valence-electron chi connectivity index (χ2n) is 6.91. The minimum absolute atomic E-state index is 0.0961. The predicted molar refractivity (Wildman–Crippen MR) is 114 cm³/mol. The number of carbonyl (C=O) groups is 2. The molecule has 0 saturated carbocycles. The number of benzene rings is 3. The second kappa shape index (κ2) is 7.50. The molecule has 6 nitrogen and oxygen atoms in total. The Hall–Kier alpha value is -4.32. The molecule has 6 heteroatoms. The molecule has 1 aromatic heterocycles. The van der Waals surface area contributed by atoms with Gasteiger partial charge in [0.2, 0.25) is 11.5 Å². The van der Waals surface area contributed by atoms with Gasteiger partial charge in [-0.05, 0) is 48.0 Å². The maximum absolute atomic E-state index is 12.6. The number of allylic oxidation sites excluding steroid dienone is 1. The average molecular weight is 412 g/mol. The highest BCUT2D eigenvalue weighted by molar-refractivity contribution is 6.14. The Kier molecular flexibility index (Phi) is 4.52. The topological polar surface area (TPSA) is 75.0 Å². The summed E-state index contributed by atoms with van der Waals surface area (Å²) in [6.07, 6.45) is 1.65. The number of Topliss-reactive ketones (excluding diaryl/α,β-unsaturated/α-hetero) is 1. The largest absolute Gasteiger partial charge is 0.497 e. The molecule has 1 aliphatic rings. The van der Waals surface area contributed by atoms with Crippen LogP contribution >= 0.6 is 0 Å². The zero-order valence-corrected chi connectivity index (χ0v) is 16.5. The van der Waals surface area contributed by atoms with Gasteiger partial charge in [-0.3, -0.25) is 4.79 Å². The lowest BCUT2D eigenvalue weighted by Crippen LogP contribution is -2.07. The molecule has 0 bridgehead atoms. The van der Waals surface area contributed by atoms with Crippen LogP contribution in [0.5, 0.6) is 17.2 Å². The SMILES string of the molecule is COc1ccc(/C=C2\Oc3cc(OC(=O)c4cc5ccccc5o4)ccc3C2=O)cc1. The summed E-state index contributed by atoms with van der Waals surface area (Å²) in [5.74, 6) is 0.734. The Bertz CT molecular complexity index is 1310. The van der Waals surface area contributed by atoms with Crippen molar-refractivity contribution < 1.29 is 28.2 Å². The number of hydrogen-bond acceptors (Lipinski definition) is 6. The number of fused-ring (bicyclic) bond motifs is 2. The Morgan fingerprint density at radius 2 is 1.71 bits per heavy atom. The summed E-state index contributed by atoms with van der Waals surface area (Å²) in [7, 11) is 1.59. The van der Waals surface area contributed by atoms with Crippen molar-refractivity contribution in [2.45, 2.75) is 0 Å². The molecule has 0 unspecified atom stereocenters. The Morgan fingerprint density at radius 1 is 0.935 bits per heavy atom. The van der Waals surface area contributed by atoms with Gasteiger partial charge in [0.25, 0.3) is 0 Å². The molecule has 0 amide bonds. The lowest BCUT2D eigenvalue weighted by atomic mass is 10.1. The van der Waals surface area contributed by atoms with Gasteiger partial charge < -0.3 is 18.6 Å². The molecule has 1 aliphatic heterocycles. The van der Waals surface area contributed by atoms with Gasteiger partial charge in [0.05, 0.1) is 12.7 Å². The van der Waals surface area contributed by atoms with E-state index in [9.17, 15) is 9.59 Å². The lowest BCUT2D eigenvalue weighted by Gasteiger charge is -2.04. The zero-order chi connectivity index (χ0) is 21.4. The van der Waals surface area contributed by atoms with Gasteiger partial charge in [0.1, 0.15) is 22.8 Å². The number of furan rings is 1. The molecule has 4 aromatic rings. The van der Waals surface area contributed by atoms with E-state index in [-0.39, 0.29) is 23.1 Å². The maximum Gasteiger partial charge on any atom is 0.379 e. The molecule has 0 aliphatic carbocycles. The fraction of sp³-hybridized carbons (Fsp3) is 0.0400. The molecule has 2 heterocycles. The minimum atomic E-state index is -0.630. The normalized spacial score (nSPS) is 13.8. The summed E-state index contributed by atoms with van der Waals surface area (Å²) in [6.45, 7) is 0. The molecule has 5 rings (SSSR count). The van der Waals surface area contributed by atoms with E-state index in [1.807, 2.05) is 30.3 Å². The van der Waals surface area contributed by atoms with E-state index >= 15 is 0 Å². The molecular formula is C25H16O6. The summed E-state index contributed by atoms with van der Waals surface area (Å²) < 4.78 is 21.8. The second-order valence-corrected chi connectivity index (χ2v) is 6.91. The Morgan fingerprint density at radius 3 is 2.48 bits per heavy atom. The van der Waals surface area contributed by atoms with Crippen molar-refractivity contribution in [3.63, 3.8) is 0 Å². The maximum atomic E-state index is 12.6. The Labute approximate surface area is 177 Å². The summed E-state index contributed by atoms with van der Waals surface area (Å²) in [5, 5.41) is 0.811. The van der Waals surface area contributed by atoms with E-state index in [2.05, 4.69) is 0 Å². The van der Waals surface area contributed by atoms with E-state index in [1.54, 1.807) is 49.6 Å². The smallest absolute Gasteiger partial charge is 0.379 e. The zero-order valence-electron chi connectivity index (χ0n) is 16.5. The summed E-state index contributed by atoms with van der Waals surface area (Å²) >= 11 is 0. The molecule has 31 heavy (non-hydrogen) atoms. The highest BCUT2D eigenvalue weighted by Gasteiger charge is 2.28. The van der Waals surface area contributed by atoms with E-state index in [4.69, 9.17) is 18.6 Å². The van der Waals surface area contributed by atoms with Crippen molar-refractivity contribution in [3.05, 3.63) is 95.4 Å². The third kappa shape index (κ3) is 3.55. The van der Waals surface area contributed by atoms with Crippen LogP contribution in [0.25, 0.3) is 17.0 Å². The first-order valence-corrected chi connectivity index (χ1v) is 9.54. The number of methoxy groups -OCH3 is 1. The van der Waals surface area contributed by atoms with Crippen molar-refractivity contribution in [2.75, 3.05) is 7.11 Å². The van der Waals surface area contributed by atoms with Gasteiger partial charge in [-0.2, -0.15) is 0 Å². The molecule has 0 saturated heterocycles. The van der Waals surface area contributed by atoms with Crippen molar-refractivity contribution in [1.29, 1.82) is 0 Å². The van der Waals surface area contributed by atoms with Crippen molar-refractivity contribution in [3.8, 4) is 17.2 Å². The minimum Gasteiger partial charge on any atom is -0.497 e. The lowest BCUT2D eigenvalue weighted by molar-refractivity contribution is 0.0703. The van der Waals surface area contributed by atoms with Crippen LogP contribution < -0.4 is 14.2 Å². The van der Waals surface area contributed by atoms with Crippen LogP contribution in [-0.2, 0) is 0 Å². The van der Waals surface area contributed by atoms with Crippen LogP contribution in [0.15, 0.2) is 83.0 Å². The number of hydrogen-bond donors (Lipinski definition) is 0. The van der Waals surface area contributed by atoms with E-state index < -0.39 is 5.97 Å².